The first-order valence-electron chi connectivity index (χ1n) is 3.91. The third-order valence-corrected chi connectivity index (χ3v) is 2.00. The quantitative estimate of drug-likeness (QED) is 0.847. The van der Waals surface area contributed by atoms with Crippen molar-refractivity contribution in [2.24, 2.45) is 0 Å². The smallest absolute Gasteiger partial charge is 0.374 e. The van der Waals surface area contributed by atoms with Gasteiger partial charge in [0, 0.05) is 10.6 Å². The Morgan fingerprint density at radius 1 is 1.47 bits per heavy atom. The number of aromatic hydroxyl groups is 1. The predicted molar refractivity (Wildman–Crippen MR) is 49.4 cm³/mol. The van der Waals surface area contributed by atoms with Gasteiger partial charge >= 0.3 is 11.9 Å². The predicted octanol–water partition coefficient (Wildman–Crippen LogP) is 2.31. The Morgan fingerprint density at radius 2 is 2.07 bits per heavy atom. The number of hydrogen-bond acceptors (Lipinski definition) is 2. The van der Waals surface area contributed by atoms with Crippen molar-refractivity contribution < 1.29 is 23.8 Å². The first-order valence-corrected chi connectivity index (χ1v) is 4.29. The summed E-state index contributed by atoms with van der Waals surface area (Å²) in [6, 6.07) is 3.56. The second-order valence-corrected chi connectivity index (χ2v) is 3.40. The number of alkyl halides is 2. The van der Waals surface area contributed by atoms with Crippen molar-refractivity contribution in [3.63, 3.8) is 0 Å². The van der Waals surface area contributed by atoms with E-state index in [1.165, 1.54) is 6.07 Å². The van der Waals surface area contributed by atoms with Crippen molar-refractivity contribution in [1.29, 1.82) is 0 Å². The second kappa shape index (κ2) is 4.02. The van der Waals surface area contributed by atoms with E-state index in [0.717, 1.165) is 12.1 Å². The molecule has 0 heterocycles. The monoisotopic (exact) mass is 236 g/mol. The Labute approximate surface area is 88.9 Å². The lowest BCUT2D eigenvalue weighted by Crippen LogP contribution is -2.30. The van der Waals surface area contributed by atoms with E-state index in [-0.39, 0.29) is 10.6 Å². The first kappa shape index (κ1) is 11.7. The summed E-state index contributed by atoms with van der Waals surface area (Å²) in [6.45, 7) is 0. The first-order chi connectivity index (χ1) is 6.83. The lowest BCUT2D eigenvalue weighted by Gasteiger charge is -2.12. The molecule has 0 aliphatic rings. The van der Waals surface area contributed by atoms with E-state index in [1.807, 2.05) is 0 Å². The Bertz CT molecular complexity index is 393. The average molecular weight is 237 g/mol. The lowest BCUT2D eigenvalue weighted by atomic mass is 10.1. The zero-order chi connectivity index (χ0) is 11.6. The summed E-state index contributed by atoms with van der Waals surface area (Å²) < 4.78 is 25.6. The van der Waals surface area contributed by atoms with Gasteiger partial charge in [-0.2, -0.15) is 8.78 Å². The highest BCUT2D eigenvalue weighted by Gasteiger charge is 2.39. The van der Waals surface area contributed by atoms with E-state index >= 15 is 0 Å². The molecule has 2 N–H and O–H groups in total. The maximum absolute atomic E-state index is 12.8. The molecule has 0 unspecified atom stereocenters. The normalized spacial score (nSPS) is 11.4. The number of aliphatic carboxylic acids is 1. The van der Waals surface area contributed by atoms with Gasteiger partial charge in [-0.05, 0) is 18.2 Å². The van der Waals surface area contributed by atoms with Crippen LogP contribution < -0.4 is 0 Å². The van der Waals surface area contributed by atoms with Crippen molar-refractivity contribution in [2.75, 3.05) is 0 Å². The SMILES string of the molecule is O=C(O)C(F)(F)Cc1cc(Cl)ccc1O. The Balaban J connectivity index is 2.99. The van der Waals surface area contributed by atoms with Crippen LogP contribution in [0, 0.1) is 0 Å². The Morgan fingerprint density at radius 3 is 2.60 bits per heavy atom. The number of carboxylic acid groups (broad SMARTS) is 1. The van der Waals surface area contributed by atoms with Crippen LogP contribution in [0.15, 0.2) is 18.2 Å². The number of rotatable bonds is 3. The molecule has 0 amide bonds. The van der Waals surface area contributed by atoms with Gasteiger partial charge < -0.3 is 10.2 Å². The Hall–Kier alpha value is -1.36. The summed E-state index contributed by atoms with van der Waals surface area (Å²) in [6.07, 6.45) is -1.09. The summed E-state index contributed by atoms with van der Waals surface area (Å²) in [4.78, 5) is 10.2. The van der Waals surface area contributed by atoms with Gasteiger partial charge in [0.05, 0.1) is 6.42 Å². The zero-order valence-electron chi connectivity index (χ0n) is 7.38. The van der Waals surface area contributed by atoms with E-state index < -0.39 is 24.1 Å². The van der Waals surface area contributed by atoms with Gasteiger partial charge in [0.25, 0.3) is 0 Å². The molecule has 1 aromatic carbocycles. The van der Waals surface area contributed by atoms with Crippen molar-refractivity contribution in [3.05, 3.63) is 28.8 Å². The van der Waals surface area contributed by atoms with E-state index in [0.29, 0.717) is 0 Å². The van der Waals surface area contributed by atoms with Crippen molar-refractivity contribution >= 4 is 17.6 Å². The molecule has 3 nitrogen and oxygen atoms in total. The molecule has 0 fully saturated rings. The lowest BCUT2D eigenvalue weighted by molar-refractivity contribution is -0.164. The fraction of sp³-hybridized carbons (Fsp3) is 0.222. The third-order valence-electron chi connectivity index (χ3n) is 1.77. The molecule has 1 aromatic rings. The molecule has 0 bridgehead atoms. The number of phenols is 1. The maximum atomic E-state index is 12.8. The van der Waals surface area contributed by atoms with Crippen LogP contribution in [0.2, 0.25) is 5.02 Å². The molecule has 0 aliphatic heterocycles. The van der Waals surface area contributed by atoms with Crippen molar-refractivity contribution in [3.8, 4) is 5.75 Å². The van der Waals surface area contributed by atoms with Crippen LogP contribution in [0.4, 0.5) is 8.78 Å². The summed E-state index contributed by atoms with van der Waals surface area (Å²) in [5.41, 5.74) is -0.199. The molecule has 0 spiro atoms. The van der Waals surface area contributed by atoms with E-state index in [9.17, 15) is 18.7 Å². The average Bonchev–Trinajstić information content (AvgIpc) is 2.10. The third kappa shape index (κ3) is 2.79. The molecule has 82 valence electrons. The molecule has 15 heavy (non-hydrogen) atoms. The highest BCUT2D eigenvalue weighted by atomic mass is 35.5. The van der Waals surface area contributed by atoms with Gasteiger partial charge in [-0.15, -0.1) is 0 Å². The summed E-state index contributed by atoms with van der Waals surface area (Å²) >= 11 is 5.52. The number of carbonyl (C=O) groups is 1. The van der Waals surface area contributed by atoms with E-state index in [2.05, 4.69) is 0 Å². The summed E-state index contributed by atoms with van der Waals surface area (Å²) in [5, 5.41) is 17.5. The molecular weight excluding hydrogens is 230 g/mol. The largest absolute Gasteiger partial charge is 0.508 e. The number of benzene rings is 1. The number of phenolic OH excluding ortho intramolecular Hbond substituents is 1. The van der Waals surface area contributed by atoms with Crippen LogP contribution in [-0.2, 0) is 11.2 Å². The van der Waals surface area contributed by atoms with Gasteiger partial charge in [-0.25, -0.2) is 4.79 Å². The van der Waals surface area contributed by atoms with E-state index in [4.69, 9.17) is 16.7 Å². The van der Waals surface area contributed by atoms with E-state index in [1.54, 1.807) is 0 Å². The van der Waals surface area contributed by atoms with Crippen LogP contribution in [-0.4, -0.2) is 22.1 Å². The molecule has 0 saturated carbocycles. The van der Waals surface area contributed by atoms with Gasteiger partial charge in [0.15, 0.2) is 0 Å². The number of hydrogen-bond donors (Lipinski definition) is 2. The second-order valence-electron chi connectivity index (χ2n) is 2.96. The van der Waals surface area contributed by atoms with Crippen LogP contribution in [0.25, 0.3) is 0 Å². The zero-order valence-corrected chi connectivity index (χ0v) is 8.13. The maximum Gasteiger partial charge on any atom is 0.374 e. The van der Waals surface area contributed by atoms with Crippen molar-refractivity contribution in [2.45, 2.75) is 12.3 Å². The van der Waals surface area contributed by atoms with Gasteiger partial charge in [0.2, 0.25) is 0 Å². The van der Waals surface area contributed by atoms with Gasteiger partial charge in [-0.3, -0.25) is 0 Å². The Kier molecular flexibility index (Phi) is 3.14. The minimum Gasteiger partial charge on any atom is -0.508 e. The van der Waals surface area contributed by atoms with Gasteiger partial charge in [-0.1, -0.05) is 11.6 Å². The topological polar surface area (TPSA) is 57.5 Å². The van der Waals surface area contributed by atoms with Crippen LogP contribution >= 0.6 is 11.6 Å². The summed E-state index contributed by atoms with van der Waals surface area (Å²) in [7, 11) is 0. The fourth-order valence-electron chi connectivity index (χ4n) is 1.01. The molecule has 0 saturated heterocycles. The fourth-order valence-corrected chi connectivity index (χ4v) is 1.21. The molecule has 0 aliphatic carbocycles. The van der Waals surface area contributed by atoms with Crippen molar-refractivity contribution in [1.82, 2.24) is 0 Å². The molecule has 0 radical (unpaired) electrons. The highest BCUT2D eigenvalue weighted by Crippen LogP contribution is 2.28. The molecule has 6 heteroatoms. The van der Waals surface area contributed by atoms with Gasteiger partial charge in [0.1, 0.15) is 5.75 Å². The van der Waals surface area contributed by atoms with Crippen LogP contribution in [0.3, 0.4) is 0 Å². The standard InChI is InChI=1S/C9H7ClF2O3/c10-6-1-2-7(13)5(3-6)4-9(11,12)8(14)15/h1-3,13H,4H2,(H,14,15). The summed E-state index contributed by atoms with van der Waals surface area (Å²) in [5.74, 6) is -6.55. The number of carboxylic acids is 1. The molecule has 1 rings (SSSR count). The minimum atomic E-state index is -3.91. The molecule has 0 aromatic heterocycles. The molecule has 0 atom stereocenters. The van der Waals surface area contributed by atoms with Crippen LogP contribution in [0.5, 0.6) is 5.75 Å². The highest BCUT2D eigenvalue weighted by molar-refractivity contribution is 6.30. The minimum absolute atomic E-state index is 0.156. The van der Waals surface area contributed by atoms with Crippen LogP contribution in [0.1, 0.15) is 5.56 Å². The molecular formula is C9H7ClF2O3. The number of halogens is 3.